The van der Waals surface area contributed by atoms with Crippen LogP contribution in [0.5, 0.6) is 0 Å². The highest BCUT2D eigenvalue weighted by molar-refractivity contribution is 5.36. The summed E-state index contributed by atoms with van der Waals surface area (Å²) < 4.78 is 6.16. The van der Waals surface area contributed by atoms with E-state index in [2.05, 4.69) is 67.6 Å². The maximum atomic E-state index is 6.16. The van der Waals surface area contributed by atoms with Crippen molar-refractivity contribution in [3.05, 3.63) is 71.8 Å². The summed E-state index contributed by atoms with van der Waals surface area (Å²) in [6, 6.07) is 21.3. The lowest BCUT2D eigenvalue weighted by Crippen LogP contribution is -2.30. The summed E-state index contributed by atoms with van der Waals surface area (Å²) in [6.45, 7) is 2.27. The van der Waals surface area contributed by atoms with Gasteiger partial charge in [-0.3, -0.25) is 0 Å². The van der Waals surface area contributed by atoms with Crippen molar-refractivity contribution in [2.24, 2.45) is 0 Å². The van der Waals surface area contributed by atoms with Gasteiger partial charge in [-0.15, -0.1) is 0 Å². The fourth-order valence-corrected chi connectivity index (χ4v) is 3.54. The molecule has 0 radical (unpaired) electrons. The Bertz CT molecular complexity index is 507. The molecule has 0 saturated carbocycles. The first kappa shape index (κ1) is 18.7. The van der Waals surface area contributed by atoms with Crippen molar-refractivity contribution in [1.29, 1.82) is 0 Å². The molecular weight excluding hydrogens is 292 g/mol. The topological polar surface area (TPSA) is 9.23 Å². The Labute approximate surface area is 148 Å². The van der Waals surface area contributed by atoms with Crippen LogP contribution in [0.4, 0.5) is 0 Å². The summed E-state index contributed by atoms with van der Waals surface area (Å²) in [5.41, 5.74) is 2.18. The first-order valence-corrected chi connectivity index (χ1v) is 9.49. The Morgan fingerprint density at radius 2 is 1.12 bits per heavy atom. The highest BCUT2D eigenvalue weighted by atomic mass is 16.5. The fourth-order valence-electron chi connectivity index (χ4n) is 3.54. The Morgan fingerprint density at radius 3 is 1.58 bits per heavy atom. The molecule has 0 fully saturated rings. The Hall–Kier alpha value is -1.60. The molecule has 0 aliphatic carbocycles. The molecule has 2 rings (SSSR count). The van der Waals surface area contributed by atoms with Gasteiger partial charge in [0.05, 0.1) is 0 Å². The Balaban J connectivity index is 2.06. The number of ether oxygens (including phenoxy) is 1. The number of unbranched alkanes of at least 4 members (excludes halogenated alkanes) is 6. The molecule has 2 aromatic carbocycles. The molecule has 1 nitrogen and oxygen atoms in total. The maximum absolute atomic E-state index is 6.16. The van der Waals surface area contributed by atoms with Crippen LogP contribution in [0, 0.1) is 0 Å². The summed E-state index contributed by atoms with van der Waals surface area (Å²) in [5, 5.41) is 0. The Kier molecular flexibility index (Phi) is 8.04. The highest BCUT2D eigenvalue weighted by Crippen LogP contribution is 2.38. The van der Waals surface area contributed by atoms with Crippen LogP contribution in [0.15, 0.2) is 60.7 Å². The third-order valence-corrected chi connectivity index (χ3v) is 4.96. The molecule has 1 heteroatoms. The first-order chi connectivity index (χ1) is 11.8. The van der Waals surface area contributed by atoms with Gasteiger partial charge in [0.1, 0.15) is 5.60 Å². The van der Waals surface area contributed by atoms with Crippen molar-refractivity contribution in [3.63, 3.8) is 0 Å². The van der Waals surface area contributed by atoms with Crippen molar-refractivity contribution in [2.45, 2.75) is 63.9 Å². The standard InChI is InChI=1S/C23H32O/c1-3-4-5-6-7-8-15-20-23(24-2,21-16-11-9-12-17-21)22-18-13-10-14-19-22/h9-14,16-19H,3-8,15,20H2,1-2H3. The van der Waals surface area contributed by atoms with E-state index in [1.54, 1.807) is 0 Å². The molecule has 0 N–H and O–H groups in total. The Morgan fingerprint density at radius 1 is 0.667 bits per heavy atom. The summed E-state index contributed by atoms with van der Waals surface area (Å²) >= 11 is 0. The van der Waals surface area contributed by atoms with Crippen molar-refractivity contribution < 1.29 is 4.74 Å². The van der Waals surface area contributed by atoms with E-state index in [4.69, 9.17) is 4.74 Å². The van der Waals surface area contributed by atoms with Gasteiger partial charge in [0.15, 0.2) is 0 Å². The smallest absolute Gasteiger partial charge is 0.118 e. The van der Waals surface area contributed by atoms with E-state index in [1.165, 1.54) is 56.1 Å². The molecule has 0 aliphatic heterocycles. The predicted molar refractivity (Wildman–Crippen MR) is 103 cm³/mol. The van der Waals surface area contributed by atoms with Gasteiger partial charge in [-0.25, -0.2) is 0 Å². The van der Waals surface area contributed by atoms with Crippen LogP contribution in [0.1, 0.15) is 69.4 Å². The van der Waals surface area contributed by atoms with Gasteiger partial charge in [-0.05, 0) is 24.0 Å². The van der Waals surface area contributed by atoms with Gasteiger partial charge >= 0.3 is 0 Å². The molecular formula is C23H32O. The summed E-state index contributed by atoms with van der Waals surface area (Å²) in [4.78, 5) is 0. The van der Waals surface area contributed by atoms with Crippen LogP contribution in [-0.4, -0.2) is 7.11 Å². The molecule has 24 heavy (non-hydrogen) atoms. The van der Waals surface area contributed by atoms with Gasteiger partial charge in [0.2, 0.25) is 0 Å². The molecule has 0 bridgehead atoms. The van der Waals surface area contributed by atoms with Crippen LogP contribution in [0.25, 0.3) is 0 Å². The fraction of sp³-hybridized carbons (Fsp3) is 0.478. The second kappa shape index (κ2) is 10.3. The SMILES string of the molecule is CCCCCCCCCC(OC)(c1ccccc1)c1ccccc1. The van der Waals surface area contributed by atoms with Gasteiger partial charge in [-0.2, -0.15) is 0 Å². The zero-order valence-electron chi connectivity index (χ0n) is 15.3. The third kappa shape index (κ3) is 4.95. The van der Waals surface area contributed by atoms with E-state index >= 15 is 0 Å². The molecule has 0 saturated heterocycles. The van der Waals surface area contributed by atoms with Gasteiger partial charge in [-0.1, -0.05) is 106 Å². The van der Waals surface area contributed by atoms with Crippen molar-refractivity contribution in [3.8, 4) is 0 Å². The van der Waals surface area contributed by atoms with Crippen molar-refractivity contribution in [2.75, 3.05) is 7.11 Å². The van der Waals surface area contributed by atoms with Crippen LogP contribution in [0.3, 0.4) is 0 Å². The lowest BCUT2D eigenvalue weighted by atomic mass is 9.81. The molecule has 2 aromatic rings. The molecule has 0 unspecified atom stereocenters. The number of rotatable bonds is 11. The minimum Gasteiger partial charge on any atom is -0.369 e. The molecule has 0 spiro atoms. The zero-order valence-corrected chi connectivity index (χ0v) is 15.3. The number of benzene rings is 2. The normalized spacial score (nSPS) is 11.6. The van der Waals surface area contributed by atoms with Crippen LogP contribution in [-0.2, 0) is 10.3 Å². The first-order valence-electron chi connectivity index (χ1n) is 9.49. The van der Waals surface area contributed by atoms with Crippen LogP contribution < -0.4 is 0 Å². The predicted octanol–water partition coefficient (Wildman–Crippen LogP) is 6.72. The summed E-state index contributed by atoms with van der Waals surface area (Å²) in [7, 11) is 1.85. The molecule has 130 valence electrons. The lowest BCUT2D eigenvalue weighted by Gasteiger charge is -2.34. The van der Waals surface area contributed by atoms with E-state index in [1.807, 2.05) is 7.11 Å². The lowest BCUT2D eigenvalue weighted by molar-refractivity contribution is 0.0122. The van der Waals surface area contributed by atoms with Crippen LogP contribution in [0.2, 0.25) is 0 Å². The average molecular weight is 325 g/mol. The number of hydrogen-bond acceptors (Lipinski definition) is 1. The minimum absolute atomic E-state index is 0.327. The third-order valence-electron chi connectivity index (χ3n) is 4.96. The number of hydrogen-bond donors (Lipinski definition) is 0. The zero-order chi connectivity index (χ0) is 17.1. The average Bonchev–Trinajstić information content (AvgIpc) is 2.66. The van der Waals surface area contributed by atoms with E-state index in [0.717, 1.165) is 6.42 Å². The molecule has 0 aliphatic rings. The second-order valence-corrected chi connectivity index (χ2v) is 6.63. The minimum atomic E-state index is -0.327. The van der Waals surface area contributed by atoms with Gasteiger partial charge < -0.3 is 4.74 Å². The largest absolute Gasteiger partial charge is 0.369 e. The molecule has 0 heterocycles. The quantitative estimate of drug-likeness (QED) is 0.417. The molecule has 0 atom stereocenters. The van der Waals surface area contributed by atoms with Crippen LogP contribution >= 0.6 is 0 Å². The van der Waals surface area contributed by atoms with E-state index < -0.39 is 0 Å². The van der Waals surface area contributed by atoms with E-state index in [-0.39, 0.29) is 5.60 Å². The number of methoxy groups -OCH3 is 1. The monoisotopic (exact) mass is 324 g/mol. The van der Waals surface area contributed by atoms with Crippen molar-refractivity contribution >= 4 is 0 Å². The van der Waals surface area contributed by atoms with E-state index in [9.17, 15) is 0 Å². The molecule has 0 amide bonds. The van der Waals surface area contributed by atoms with Crippen molar-refractivity contribution in [1.82, 2.24) is 0 Å². The van der Waals surface area contributed by atoms with E-state index in [0.29, 0.717) is 0 Å². The maximum Gasteiger partial charge on any atom is 0.118 e. The molecule has 0 aromatic heterocycles. The van der Waals surface area contributed by atoms with Gasteiger partial charge in [0, 0.05) is 7.11 Å². The second-order valence-electron chi connectivity index (χ2n) is 6.63. The van der Waals surface area contributed by atoms with Gasteiger partial charge in [0.25, 0.3) is 0 Å². The summed E-state index contributed by atoms with van der Waals surface area (Å²) in [5.74, 6) is 0. The highest BCUT2D eigenvalue weighted by Gasteiger charge is 2.33. The summed E-state index contributed by atoms with van der Waals surface area (Å²) in [6.07, 6.45) is 10.3.